The summed E-state index contributed by atoms with van der Waals surface area (Å²) >= 11 is 12.5. The number of fused-ring (bicyclic) bond motifs is 6. The van der Waals surface area contributed by atoms with Crippen molar-refractivity contribution < 1.29 is 55.9 Å². The van der Waals surface area contributed by atoms with E-state index in [2.05, 4.69) is 41.0 Å². The van der Waals surface area contributed by atoms with E-state index in [0.717, 1.165) is 38.0 Å². The van der Waals surface area contributed by atoms with Gasteiger partial charge in [0.2, 0.25) is 17.6 Å². The number of methoxy groups -OCH3 is 1. The molecule has 0 spiro atoms. The van der Waals surface area contributed by atoms with Crippen LogP contribution in [0.15, 0.2) is 96.4 Å². The Morgan fingerprint density at radius 1 is 0.988 bits per heavy atom. The van der Waals surface area contributed by atoms with E-state index in [1.165, 1.54) is 40.2 Å². The Balaban J connectivity index is 0.791. The monoisotopic (exact) mass is 1150 g/mol. The Morgan fingerprint density at radius 3 is 2.54 bits per heavy atom. The third-order valence-corrected chi connectivity index (χ3v) is 16.0. The molecule has 11 rings (SSSR count). The van der Waals surface area contributed by atoms with E-state index in [1.54, 1.807) is 42.5 Å². The van der Waals surface area contributed by atoms with Gasteiger partial charge in [0.15, 0.2) is 17.0 Å². The molecule has 20 nitrogen and oxygen atoms in total. The number of nitrogens with zero attached hydrogens (tertiary/aromatic N) is 10. The Hall–Kier alpha value is -7.16. The van der Waals surface area contributed by atoms with Gasteiger partial charge >= 0.3 is 12.7 Å². The maximum Gasteiger partial charge on any atom is 0.451 e. The summed E-state index contributed by atoms with van der Waals surface area (Å²) in [6, 6.07) is 16.2. The fraction of sp³-hybridized carbons (Fsp3) is 0.415. The Bertz CT molecular complexity index is 3480. The van der Waals surface area contributed by atoms with Crippen molar-refractivity contribution in [2.45, 2.75) is 100 Å². The van der Waals surface area contributed by atoms with Crippen LogP contribution in [0, 0.1) is 17.8 Å². The van der Waals surface area contributed by atoms with E-state index < -0.39 is 66.2 Å². The van der Waals surface area contributed by atoms with Crippen LogP contribution in [0.25, 0.3) is 28.2 Å². The summed E-state index contributed by atoms with van der Waals surface area (Å²) in [4.78, 5) is 45.0. The summed E-state index contributed by atoms with van der Waals surface area (Å²) in [6.45, 7) is -1.63. The molecule has 2 aromatic carbocycles. The minimum atomic E-state index is -4.89. The van der Waals surface area contributed by atoms with Gasteiger partial charge in [-0.2, -0.15) is 32.0 Å². The number of alkyl halides is 5. The number of nitrogens with one attached hydrogen (secondary N) is 2. The van der Waals surface area contributed by atoms with Crippen LogP contribution in [0.2, 0.25) is 10.2 Å². The molecule has 7 aromatic rings. The summed E-state index contributed by atoms with van der Waals surface area (Å²) in [5.41, 5.74) is 1.21. The fourth-order valence-corrected chi connectivity index (χ4v) is 11.7. The molecular weight excluding hydrogens is 1100 g/mol. The highest BCUT2D eigenvalue weighted by Crippen LogP contribution is 2.45. The second-order valence-electron chi connectivity index (χ2n) is 20.5. The Labute approximate surface area is 462 Å². The third kappa shape index (κ3) is 10.9. The second-order valence-corrected chi connectivity index (χ2v) is 21.3. The lowest BCUT2D eigenvalue weighted by Gasteiger charge is -2.42. The van der Waals surface area contributed by atoms with Crippen LogP contribution in [-0.2, 0) is 20.4 Å². The van der Waals surface area contributed by atoms with E-state index >= 15 is 0 Å². The van der Waals surface area contributed by atoms with Crippen LogP contribution < -0.4 is 25.7 Å². The van der Waals surface area contributed by atoms with Gasteiger partial charge in [-0.3, -0.25) is 19.1 Å². The molecule has 1 saturated carbocycles. The van der Waals surface area contributed by atoms with Gasteiger partial charge in [0.1, 0.15) is 36.4 Å². The second kappa shape index (κ2) is 22.1. The number of amides is 1. The number of benzene rings is 2. The third-order valence-electron chi connectivity index (χ3n) is 15.5. The van der Waals surface area contributed by atoms with E-state index in [-0.39, 0.29) is 70.8 Å². The summed E-state index contributed by atoms with van der Waals surface area (Å²) in [5.74, 6) is -2.59. The molecule has 80 heavy (non-hydrogen) atoms. The zero-order chi connectivity index (χ0) is 56.2. The van der Waals surface area contributed by atoms with Crippen LogP contribution in [0.5, 0.6) is 11.6 Å². The van der Waals surface area contributed by atoms with Crippen LogP contribution in [-0.4, -0.2) is 116 Å². The highest BCUT2D eigenvalue weighted by Gasteiger charge is 2.60. The number of pyridine rings is 1. The predicted molar refractivity (Wildman–Crippen MR) is 277 cm³/mol. The number of hydrogen-bond acceptors (Lipinski definition) is 16. The van der Waals surface area contributed by atoms with Gasteiger partial charge in [0.05, 0.1) is 66.9 Å². The number of ether oxygens (including phenoxy) is 4. The Morgan fingerprint density at radius 2 is 1.80 bits per heavy atom. The summed E-state index contributed by atoms with van der Waals surface area (Å²) in [5, 5.41) is 40.6. The molecule has 3 fully saturated rings. The van der Waals surface area contributed by atoms with Gasteiger partial charge < -0.3 is 39.8 Å². The minimum absolute atomic E-state index is 0.0170. The van der Waals surface area contributed by atoms with Gasteiger partial charge in [-0.25, -0.2) is 19.3 Å². The minimum Gasteiger partial charge on any atom is -0.490 e. The van der Waals surface area contributed by atoms with Crippen LogP contribution >= 0.6 is 23.2 Å². The normalized spacial score (nSPS) is 25.9. The number of aromatic nitrogens is 10. The maximum absolute atomic E-state index is 14.6. The molecule has 420 valence electrons. The van der Waals surface area contributed by atoms with Gasteiger partial charge in [0.25, 0.3) is 5.56 Å². The largest absolute Gasteiger partial charge is 0.490 e. The van der Waals surface area contributed by atoms with E-state index in [4.69, 9.17) is 47.1 Å². The van der Waals surface area contributed by atoms with E-state index in [0.29, 0.717) is 57.2 Å². The molecular formula is C53H51Cl2F5N12O8. The number of carbonyl (C=O) groups is 1. The number of carbonyl (C=O) groups excluding carboxylic acids is 1. The van der Waals surface area contributed by atoms with Crippen molar-refractivity contribution in [3.8, 4) is 39.8 Å². The molecule has 4 bridgehead atoms. The van der Waals surface area contributed by atoms with Crippen molar-refractivity contribution in [1.82, 2.24) is 49.3 Å². The first-order valence-corrected chi connectivity index (χ1v) is 26.3. The zero-order valence-electron chi connectivity index (χ0n) is 42.6. The molecule has 2 saturated heterocycles. The highest BCUT2D eigenvalue weighted by molar-refractivity contribution is 6.31. The molecule has 4 aliphatic rings. The number of halogens is 7. The molecule has 10 atom stereocenters. The van der Waals surface area contributed by atoms with Crippen molar-refractivity contribution >= 4 is 40.6 Å². The number of hydrogen-bond donors (Lipinski definition) is 4. The topological polar surface area (TPSA) is 241 Å². The van der Waals surface area contributed by atoms with E-state index in [1.807, 2.05) is 19.1 Å². The lowest BCUT2D eigenvalue weighted by molar-refractivity contribution is -0.222. The average Bonchev–Trinajstić information content (AvgIpc) is 4.28. The Kier molecular flexibility index (Phi) is 15.1. The quantitative estimate of drug-likeness (QED) is 0.0791. The van der Waals surface area contributed by atoms with Crippen LogP contribution in [0.3, 0.4) is 0 Å². The molecule has 1 aliphatic carbocycles. The lowest BCUT2D eigenvalue weighted by atomic mass is 9.79. The zero-order valence-corrected chi connectivity index (χ0v) is 44.1. The van der Waals surface area contributed by atoms with Crippen LogP contribution in [0.1, 0.15) is 81.0 Å². The van der Waals surface area contributed by atoms with Crippen molar-refractivity contribution in [2.75, 3.05) is 31.0 Å². The molecule has 1 amide bonds. The number of rotatable bonds is 13. The fourth-order valence-electron chi connectivity index (χ4n) is 11.4. The van der Waals surface area contributed by atoms with Crippen molar-refractivity contribution in [3.05, 3.63) is 129 Å². The molecule has 8 heterocycles. The molecule has 5 aromatic heterocycles. The van der Waals surface area contributed by atoms with Crippen molar-refractivity contribution in [3.63, 3.8) is 0 Å². The van der Waals surface area contributed by atoms with Gasteiger partial charge in [-0.15, -0.1) is 5.10 Å². The SMILES string of the molecule is COc1cc(N[C@H]2[C@H]3OC[C@](COc4ccc(C5CCC(CC6CC[C@H](n7cnc(-c8cc(Cl)ccc8-n8cc(Cl)nn8)cc7=O)c7cc(ccn7)-c7c(cnn7C(F)F)NC(=O)[C@@H]6C)C5)cc4)(O3)[C@H](O)[C@@H]2O)nc(C(F)(F)F)n1. The first-order chi connectivity index (χ1) is 38.3. The summed E-state index contributed by atoms with van der Waals surface area (Å²) in [6.07, 6.45) is 0.333. The highest BCUT2D eigenvalue weighted by atomic mass is 35.5. The number of aliphatic hydroxyl groups excluding tert-OH is 2. The standard InChI is InChI=1S/C53H51Cl2F5N12O8/c1-26-29(15-27-3-4-30(16-27)28-5-9-33(10-6-28)78-23-52-24-79-49(80-52)44(46(74)47(52)75)65-41-20-42(77-2)67-50(66-41)53(58,59)60)7-11-39(36-17-31(13-14-61-36)45-37(64-48(26)76)21-63-72(45)51(56)57)70-25-62-35(19-43(70)73)34-18-32(54)8-12-38(34)71-22-40(55)68-69-71/h5-6,8-10,12-14,17-22,25-27,29-30,39,44,46-47,49,51,74-75H,3-4,7,11,15-16,23-24H2,1-2H3,(H,64,76)(H,65,66,67)/t26-,27?,29?,30?,39+,44-,46-,47-,49+,52+/m1/s1. The number of aliphatic hydroxyl groups is 2. The number of anilines is 2. The molecule has 0 radical (unpaired) electrons. The van der Waals surface area contributed by atoms with Gasteiger partial charge in [-0.05, 0) is 104 Å². The van der Waals surface area contributed by atoms with Crippen molar-refractivity contribution in [2.24, 2.45) is 17.8 Å². The molecule has 3 aliphatic heterocycles. The smallest absolute Gasteiger partial charge is 0.451 e. The predicted octanol–water partition coefficient (Wildman–Crippen LogP) is 8.52. The van der Waals surface area contributed by atoms with Crippen LogP contribution in [0.4, 0.5) is 33.5 Å². The first-order valence-electron chi connectivity index (χ1n) is 25.6. The summed E-state index contributed by atoms with van der Waals surface area (Å²) in [7, 11) is 1.14. The van der Waals surface area contributed by atoms with E-state index in [9.17, 15) is 41.8 Å². The van der Waals surface area contributed by atoms with Crippen molar-refractivity contribution in [1.29, 1.82) is 0 Å². The van der Waals surface area contributed by atoms with Gasteiger partial charge in [0, 0.05) is 40.4 Å². The lowest BCUT2D eigenvalue weighted by Crippen LogP contribution is -2.64. The molecule has 4 N–H and O–H groups in total. The first kappa shape index (κ1) is 54.8. The molecule has 27 heteroatoms. The summed E-state index contributed by atoms with van der Waals surface area (Å²) < 4.78 is 96.0. The molecule has 3 unspecified atom stereocenters. The average molecular weight is 1150 g/mol. The van der Waals surface area contributed by atoms with Gasteiger partial charge in [-0.1, -0.05) is 47.5 Å². The maximum atomic E-state index is 14.6.